The van der Waals surface area contributed by atoms with Gasteiger partial charge in [-0.3, -0.25) is 0 Å². The average Bonchev–Trinajstić information content (AvgIpc) is 1.63. The molecule has 1 aliphatic rings. The van der Waals surface area contributed by atoms with Crippen molar-refractivity contribution in [1.82, 2.24) is 5.32 Å². The van der Waals surface area contributed by atoms with Gasteiger partial charge in [0.2, 0.25) is 0 Å². The summed E-state index contributed by atoms with van der Waals surface area (Å²) in [5.41, 5.74) is 0. The topological polar surface area (TPSA) is 21.3 Å². The second-order valence-electron chi connectivity index (χ2n) is 1.80. The van der Waals surface area contributed by atoms with Crippen LogP contribution in [0.2, 0.25) is 0 Å². The Balaban J connectivity index is 1.95. The SMILES string of the molecule is C#CCOC1CNC1. The predicted molar refractivity (Wildman–Crippen MR) is 31.4 cm³/mol. The summed E-state index contributed by atoms with van der Waals surface area (Å²) in [6.07, 6.45) is 5.34. The molecular weight excluding hydrogens is 102 g/mol. The number of hydrogen-bond donors (Lipinski definition) is 1. The largest absolute Gasteiger partial charge is 0.363 e. The molecule has 0 aromatic carbocycles. The highest BCUT2D eigenvalue weighted by Gasteiger charge is 2.15. The van der Waals surface area contributed by atoms with E-state index in [1.54, 1.807) is 0 Å². The Hall–Kier alpha value is -0.520. The van der Waals surface area contributed by atoms with Gasteiger partial charge in [-0.15, -0.1) is 6.42 Å². The molecule has 0 bridgehead atoms. The highest BCUT2D eigenvalue weighted by atomic mass is 16.5. The molecule has 0 amide bonds. The molecule has 44 valence electrons. The van der Waals surface area contributed by atoms with Crippen LogP contribution in [0, 0.1) is 12.3 Å². The smallest absolute Gasteiger partial charge is 0.107 e. The summed E-state index contributed by atoms with van der Waals surface area (Å²) in [5.74, 6) is 2.42. The molecule has 1 aliphatic heterocycles. The number of ether oxygens (including phenoxy) is 1. The van der Waals surface area contributed by atoms with Crippen LogP contribution in [0.1, 0.15) is 0 Å². The van der Waals surface area contributed by atoms with E-state index in [0.717, 1.165) is 13.1 Å². The molecule has 0 saturated carbocycles. The Morgan fingerprint density at radius 3 is 2.88 bits per heavy atom. The molecule has 1 heterocycles. The number of nitrogens with one attached hydrogen (secondary N) is 1. The maximum atomic E-state index is 5.13. The molecule has 0 aromatic heterocycles. The first-order valence-corrected chi connectivity index (χ1v) is 2.69. The third-order valence-corrected chi connectivity index (χ3v) is 1.15. The van der Waals surface area contributed by atoms with E-state index >= 15 is 0 Å². The summed E-state index contributed by atoms with van der Waals surface area (Å²) in [7, 11) is 0. The Labute approximate surface area is 49.2 Å². The van der Waals surface area contributed by atoms with E-state index in [2.05, 4.69) is 11.2 Å². The lowest BCUT2D eigenvalue weighted by Gasteiger charge is -2.25. The summed E-state index contributed by atoms with van der Waals surface area (Å²) in [5, 5.41) is 3.08. The van der Waals surface area contributed by atoms with Gasteiger partial charge >= 0.3 is 0 Å². The van der Waals surface area contributed by atoms with Crippen molar-refractivity contribution in [2.24, 2.45) is 0 Å². The highest BCUT2D eigenvalue weighted by molar-refractivity contribution is 4.85. The van der Waals surface area contributed by atoms with E-state index in [9.17, 15) is 0 Å². The molecular formula is C6H9NO. The minimum atomic E-state index is 0.381. The second kappa shape index (κ2) is 2.71. The van der Waals surface area contributed by atoms with Crippen LogP contribution < -0.4 is 5.32 Å². The molecule has 0 atom stereocenters. The number of rotatable bonds is 2. The monoisotopic (exact) mass is 111 g/mol. The Kier molecular flexibility index (Phi) is 1.90. The summed E-state index contributed by atoms with van der Waals surface area (Å²) in [4.78, 5) is 0. The van der Waals surface area contributed by atoms with E-state index in [4.69, 9.17) is 11.2 Å². The van der Waals surface area contributed by atoms with Gasteiger partial charge in [0.1, 0.15) is 6.61 Å². The third kappa shape index (κ3) is 1.22. The van der Waals surface area contributed by atoms with Gasteiger partial charge in [0.25, 0.3) is 0 Å². The van der Waals surface area contributed by atoms with Gasteiger partial charge in [-0.05, 0) is 0 Å². The summed E-state index contributed by atoms with van der Waals surface area (Å²) < 4.78 is 5.13. The molecule has 2 heteroatoms. The van der Waals surface area contributed by atoms with Crippen LogP contribution in [0.25, 0.3) is 0 Å². The lowest BCUT2D eigenvalue weighted by Crippen LogP contribution is -2.48. The van der Waals surface area contributed by atoms with Crippen LogP contribution in [0.3, 0.4) is 0 Å². The summed E-state index contributed by atoms with van der Waals surface area (Å²) >= 11 is 0. The van der Waals surface area contributed by atoms with Gasteiger partial charge in [-0.25, -0.2) is 0 Å². The zero-order chi connectivity index (χ0) is 5.82. The van der Waals surface area contributed by atoms with Crippen LogP contribution in [0.15, 0.2) is 0 Å². The van der Waals surface area contributed by atoms with E-state index < -0.39 is 0 Å². The van der Waals surface area contributed by atoms with Crippen molar-refractivity contribution < 1.29 is 4.74 Å². The molecule has 0 aromatic rings. The van der Waals surface area contributed by atoms with Gasteiger partial charge in [0.05, 0.1) is 6.10 Å². The molecule has 8 heavy (non-hydrogen) atoms. The highest BCUT2D eigenvalue weighted by Crippen LogP contribution is 1.95. The van der Waals surface area contributed by atoms with Crippen molar-refractivity contribution >= 4 is 0 Å². The van der Waals surface area contributed by atoms with E-state index in [0.29, 0.717) is 12.7 Å². The van der Waals surface area contributed by atoms with Crippen molar-refractivity contribution in [2.45, 2.75) is 6.10 Å². The first-order valence-electron chi connectivity index (χ1n) is 2.69. The van der Waals surface area contributed by atoms with Crippen molar-refractivity contribution in [3.8, 4) is 12.3 Å². The summed E-state index contributed by atoms with van der Waals surface area (Å²) in [6, 6.07) is 0. The fraction of sp³-hybridized carbons (Fsp3) is 0.667. The molecule has 0 aliphatic carbocycles. The predicted octanol–water partition coefficient (Wildman–Crippen LogP) is -0.392. The fourth-order valence-electron chi connectivity index (χ4n) is 0.546. The standard InChI is InChI=1S/C6H9NO/c1-2-3-8-6-4-7-5-6/h1,6-7H,3-5H2. The van der Waals surface area contributed by atoms with Gasteiger partial charge in [0, 0.05) is 13.1 Å². The average molecular weight is 111 g/mol. The molecule has 1 rings (SSSR count). The molecule has 2 nitrogen and oxygen atoms in total. The zero-order valence-electron chi connectivity index (χ0n) is 4.68. The lowest BCUT2D eigenvalue weighted by molar-refractivity contribution is 0.0395. The maximum Gasteiger partial charge on any atom is 0.107 e. The quantitative estimate of drug-likeness (QED) is 0.490. The maximum absolute atomic E-state index is 5.13. The zero-order valence-corrected chi connectivity index (χ0v) is 4.68. The normalized spacial score (nSPS) is 19.4. The molecule has 0 radical (unpaired) electrons. The first-order chi connectivity index (χ1) is 3.93. The third-order valence-electron chi connectivity index (χ3n) is 1.15. The van der Waals surface area contributed by atoms with Crippen LogP contribution in [-0.4, -0.2) is 25.8 Å². The molecule has 1 N–H and O–H groups in total. The van der Waals surface area contributed by atoms with Gasteiger partial charge in [-0.2, -0.15) is 0 Å². The van der Waals surface area contributed by atoms with E-state index in [-0.39, 0.29) is 0 Å². The molecule has 0 unspecified atom stereocenters. The number of hydrogen-bond acceptors (Lipinski definition) is 2. The van der Waals surface area contributed by atoms with Crippen LogP contribution in [0.5, 0.6) is 0 Å². The van der Waals surface area contributed by atoms with Crippen LogP contribution in [0.4, 0.5) is 0 Å². The Morgan fingerprint density at radius 2 is 2.50 bits per heavy atom. The molecule has 1 fully saturated rings. The number of terminal acetylenes is 1. The Morgan fingerprint density at radius 1 is 1.75 bits per heavy atom. The van der Waals surface area contributed by atoms with Gasteiger partial charge < -0.3 is 10.1 Å². The van der Waals surface area contributed by atoms with Crippen molar-refractivity contribution in [1.29, 1.82) is 0 Å². The Bertz CT molecular complexity index is 102. The minimum absolute atomic E-state index is 0.381. The van der Waals surface area contributed by atoms with E-state index in [1.165, 1.54) is 0 Å². The van der Waals surface area contributed by atoms with Crippen LogP contribution >= 0.6 is 0 Å². The fourth-order valence-corrected chi connectivity index (χ4v) is 0.546. The van der Waals surface area contributed by atoms with E-state index in [1.807, 2.05) is 0 Å². The summed E-state index contributed by atoms with van der Waals surface area (Å²) in [6.45, 7) is 2.37. The lowest BCUT2D eigenvalue weighted by atomic mass is 10.2. The molecule has 0 spiro atoms. The van der Waals surface area contributed by atoms with Crippen molar-refractivity contribution in [3.63, 3.8) is 0 Å². The van der Waals surface area contributed by atoms with Gasteiger partial charge in [-0.1, -0.05) is 5.92 Å². The molecule has 1 saturated heterocycles. The van der Waals surface area contributed by atoms with Crippen molar-refractivity contribution in [2.75, 3.05) is 19.7 Å². The minimum Gasteiger partial charge on any atom is -0.363 e. The first kappa shape index (κ1) is 5.61. The van der Waals surface area contributed by atoms with Gasteiger partial charge in [0.15, 0.2) is 0 Å². The van der Waals surface area contributed by atoms with Crippen molar-refractivity contribution in [3.05, 3.63) is 0 Å². The second-order valence-corrected chi connectivity index (χ2v) is 1.80. The van der Waals surface area contributed by atoms with Crippen LogP contribution in [-0.2, 0) is 4.74 Å².